The van der Waals surface area contributed by atoms with Crippen molar-refractivity contribution in [3.8, 4) is 5.69 Å². The third-order valence-corrected chi connectivity index (χ3v) is 4.94. The Balaban J connectivity index is 1.56. The minimum absolute atomic E-state index is 0.322. The molecule has 0 saturated carbocycles. The number of furan rings is 1. The van der Waals surface area contributed by atoms with Gasteiger partial charge in [-0.05, 0) is 45.0 Å². The lowest BCUT2D eigenvalue weighted by Crippen LogP contribution is -2.33. The number of amides is 1. The second kappa shape index (κ2) is 7.39. The van der Waals surface area contributed by atoms with Crippen molar-refractivity contribution in [3.05, 3.63) is 83.4 Å². The Morgan fingerprint density at radius 2 is 1.72 bits per heavy atom. The Labute approximate surface area is 168 Å². The average Bonchev–Trinajstić information content (AvgIpc) is 3.29. The van der Waals surface area contributed by atoms with Crippen molar-refractivity contribution in [1.29, 1.82) is 0 Å². The van der Waals surface area contributed by atoms with Crippen molar-refractivity contribution < 1.29 is 14.0 Å². The van der Waals surface area contributed by atoms with E-state index in [0.29, 0.717) is 22.7 Å². The molecule has 0 aliphatic heterocycles. The van der Waals surface area contributed by atoms with Crippen LogP contribution < -0.4 is 5.32 Å². The van der Waals surface area contributed by atoms with Crippen LogP contribution in [0.1, 0.15) is 40.5 Å². The Bertz CT molecular complexity index is 1170. The SMILES string of the molecule is Cc1nn(-c2ccccc2)c(C)c1C(=O)C(=O)NC(C)c1cc2ccccc2o1. The number of aryl methyl sites for hydroxylation is 1. The second-order valence-electron chi connectivity index (χ2n) is 7.00. The maximum absolute atomic E-state index is 12.9. The van der Waals surface area contributed by atoms with Gasteiger partial charge in [-0.15, -0.1) is 0 Å². The van der Waals surface area contributed by atoms with Gasteiger partial charge in [0.05, 0.1) is 28.7 Å². The predicted octanol–water partition coefficient (Wildman–Crippen LogP) is 4.30. The zero-order chi connectivity index (χ0) is 20.5. The highest BCUT2D eigenvalue weighted by Crippen LogP contribution is 2.24. The molecule has 0 aliphatic carbocycles. The van der Waals surface area contributed by atoms with Crippen molar-refractivity contribution in [1.82, 2.24) is 15.1 Å². The van der Waals surface area contributed by atoms with Gasteiger partial charge in [-0.1, -0.05) is 36.4 Å². The standard InChI is InChI=1S/C23H21N3O3/c1-14(20-13-17-9-7-8-12-19(17)29-20)24-23(28)22(27)21-15(2)25-26(16(21)3)18-10-5-4-6-11-18/h4-14H,1-3H3,(H,24,28). The first-order chi connectivity index (χ1) is 14.0. The first kappa shape index (κ1) is 18.7. The van der Waals surface area contributed by atoms with E-state index in [2.05, 4.69) is 10.4 Å². The topological polar surface area (TPSA) is 77.1 Å². The summed E-state index contributed by atoms with van der Waals surface area (Å²) >= 11 is 0. The molecule has 0 fully saturated rings. The lowest BCUT2D eigenvalue weighted by molar-refractivity contribution is -0.117. The number of carbonyl (C=O) groups excluding carboxylic acids is 2. The van der Waals surface area contributed by atoms with E-state index in [1.54, 1.807) is 25.5 Å². The van der Waals surface area contributed by atoms with Gasteiger partial charge in [-0.2, -0.15) is 5.10 Å². The van der Waals surface area contributed by atoms with Gasteiger partial charge in [0, 0.05) is 5.39 Å². The molecule has 2 heterocycles. The lowest BCUT2D eigenvalue weighted by Gasteiger charge is -2.11. The summed E-state index contributed by atoms with van der Waals surface area (Å²) in [5.74, 6) is -0.692. The Morgan fingerprint density at radius 3 is 2.45 bits per heavy atom. The number of ketones is 1. The molecule has 0 aliphatic rings. The number of para-hydroxylation sites is 2. The molecule has 1 atom stereocenters. The molecule has 146 valence electrons. The van der Waals surface area contributed by atoms with Crippen LogP contribution >= 0.6 is 0 Å². The monoisotopic (exact) mass is 387 g/mol. The molecule has 0 spiro atoms. The van der Waals surface area contributed by atoms with Crippen molar-refractivity contribution >= 4 is 22.7 Å². The van der Waals surface area contributed by atoms with Gasteiger partial charge in [0.1, 0.15) is 11.3 Å². The van der Waals surface area contributed by atoms with E-state index < -0.39 is 17.7 Å². The quantitative estimate of drug-likeness (QED) is 0.409. The second-order valence-corrected chi connectivity index (χ2v) is 7.00. The summed E-state index contributed by atoms with van der Waals surface area (Å²) in [6.07, 6.45) is 0. The van der Waals surface area contributed by atoms with Crippen LogP contribution in [0.4, 0.5) is 0 Å². The molecular formula is C23H21N3O3. The molecule has 0 saturated heterocycles. The van der Waals surface area contributed by atoms with Crippen LogP contribution in [0.15, 0.2) is 65.1 Å². The molecule has 1 N–H and O–H groups in total. The van der Waals surface area contributed by atoms with Gasteiger partial charge < -0.3 is 9.73 Å². The van der Waals surface area contributed by atoms with Crippen molar-refractivity contribution in [3.63, 3.8) is 0 Å². The van der Waals surface area contributed by atoms with Gasteiger partial charge >= 0.3 is 0 Å². The number of carbonyl (C=O) groups is 2. The van der Waals surface area contributed by atoms with Crippen LogP contribution in [-0.4, -0.2) is 21.5 Å². The van der Waals surface area contributed by atoms with E-state index in [1.165, 1.54) is 0 Å². The normalized spacial score (nSPS) is 12.1. The molecule has 0 radical (unpaired) electrons. The van der Waals surface area contributed by atoms with Crippen LogP contribution in [0.5, 0.6) is 0 Å². The zero-order valence-corrected chi connectivity index (χ0v) is 16.5. The minimum Gasteiger partial charge on any atom is -0.459 e. The van der Waals surface area contributed by atoms with E-state index in [-0.39, 0.29) is 0 Å². The third kappa shape index (κ3) is 3.45. The summed E-state index contributed by atoms with van der Waals surface area (Å²) in [6.45, 7) is 5.31. The number of rotatable bonds is 5. The molecule has 2 aromatic carbocycles. The fourth-order valence-corrected chi connectivity index (χ4v) is 3.45. The van der Waals surface area contributed by atoms with Gasteiger partial charge in [-0.3, -0.25) is 9.59 Å². The molecule has 1 unspecified atom stereocenters. The van der Waals surface area contributed by atoms with E-state index in [0.717, 1.165) is 16.7 Å². The number of nitrogens with one attached hydrogen (secondary N) is 1. The van der Waals surface area contributed by atoms with Crippen molar-refractivity contribution in [2.24, 2.45) is 0 Å². The summed E-state index contributed by atoms with van der Waals surface area (Å²) in [7, 11) is 0. The highest BCUT2D eigenvalue weighted by molar-refractivity contribution is 6.43. The van der Waals surface area contributed by atoms with Crippen LogP contribution in [-0.2, 0) is 4.79 Å². The van der Waals surface area contributed by atoms with Crippen LogP contribution in [0.3, 0.4) is 0 Å². The summed E-state index contributed by atoms with van der Waals surface area (Å²) in [6, 6.07) is 18.5. The van der Waals surface area contributed by atoms with Gasteiger partial charge in [0.15, 0.2) is 0 Å². The average molecular weight is 387 g/mol. The number of benzene rings is 2. The number of Topliss-reactive ketones (excluding diaryl/α,β-unsaturated/α-hetero) is 1. The number of hydrogen-bond donors (Lipinski definition) is 1. The number of hydrogen-bond acceptors (Lipinski definition) is 4. The van der Waals surface area contributed by atoms with E-state index in [1.807, 2.05) is 60.7 Å². The fourth-order valence-electron chi connectivity index (χ4n) is 3.45. The van der Waals surface area contributed by atoms with E-state index >= 15 is 0 Å². The highest BCUT2D eigenvalue weighted by atomic mass is 16.3. The van der Waals surface area contributed by atoms with E-state index in [9.17, 15) is 9.59 Å². The van der Waals surface area contributed by atoms with Gasteiger partial charge in [0.2, 0.25) is 0 Å². The third-order valence-electron chi connectivity index (χ3n) is 4.94. The summed E-state index contributed by atoms with van der Waals surface area (Å²) in [5.41, 5.74) is 3.05. The molecular weight excluding hydrogens is 366 g/mol. The Kier molecular flexibility index (Phi) is 4.76. The van der Waals surface area contributed by atoms with Crippen LogP contribution in [0.25, 0.3) is 16.7 Å². The van der Waals surface area contributed by atoms with Crippen LogP contribution in [0.2, 0.25) is 0 Å². The Hall–Kier alpha value is -3.67. The Morgan fingerprint density at radius 1 is 1.03 bits per heavy atom. The highest BCUT2D eigenvalue weighted by Gasteiger charge is 2.26. The maximum Gasteiger partial charge on any atom is 0.293 e. The molecule has 2 aromatic heterocycles. The fraction of sp³-hybridized carbons (Fsp3) is 0.174. The molecule has 4 aromatic rings. The van der Waals surface area contributed by atoms with Crippen LogP contribution in [0, 0.1) is 13.8 Å². The lowest BCUT2D eigenvalue weighted by atomic mass is 10.1. The smallest absolute Gasteiger partial charge is 0.293 e. The number of nitrogens with zero attached hydrogens (tertiary/aromatic N) is 2. The molecule has 0 bridgehead atoms. The van der Waals surface area contributed by atoms with Crippen molar-refractivity contribution in [2.75, 3.05) is 0 Å². The first-order valence-corrected chi connectivity index (χ1v) is 9.41. The van der Waals surface area contributed by atoms with Crippen molar-refractivity contribution in [2.45, 2.75) is 26.8 Å². The number of aromatic nitrogens is 2. The molecule has 29 heavy (non-hydrogen) atoms. The largest absolute Gasteiger partial charge is 0.459 e. The van der Waals surface area contributed by atoms with Gasteiger partial charge in [-0.25, -0.2) is 4.68 Å². The minimum atomic E-state index is -0.684. The van der Waals surface area contributed by atoms with E-state index in [4.69, 9.17) is 4.42 Å². The summed E-state index contributed by atoms with van der Waals surface area (Å²) in [4.78, 5) is 25.5. The maximum atomic E-state index is 12.9. The first-order valence-electron chi connectivity index (χ1n) is 9.41. The number of fused-ring (bicyclic) bond motifs is 1. The predicted molar refractivity (Wildman–Crippen MR) is 110 cm³/mol. The zero-order valence-electron chi connectivity index (χ0n) is 16.5. The molecule has 4 rings (SSSR count). The molecule has 6 heteroatoms. The summed E-state index contributed by atoms with van der Waals surface area (Å²) in [5, 5.41) is 8.14. The molecule has 6 nitrogen and oxygen atoms in total. The molecule has 1 amide bonds. The van der Waals surface area contributed by atoms with Gasteiger partial charge in [0.25, 0.3) is 11.7 Å². The summed E-state index contributed by atoms with van der Waals surface area (Å²) < 4.78 is 7.46.